The Morgan fingerprint density at radius 3 is 2.79 bits per heavy atom. The molecule has 1 heterocycles. The van der Waals surface area contributed by atoms with Crippen molar-refractivity contribution in [3.05, 3.63) is 0 Å². The molecule has 0 aromatic carbocycles. The fourth-order valence-corrected chi connectivity index (χ4v) is 2.37. The molecule has 0 aromatic rings. The molecule has 14 heavy (non-hydrogen) atoms. The molecule has 82 valence electrons. The van der Waals surface area contributed by atoms with E-state index in [0.717, 1.165) is 18.4 Å². The monoisotopic (exact) mass is 198 g/mol. The average molecular weight is 198 g/mol. The number of nitrogens with one attached hydrogen (secondary N) is 1. The number of methoxy groups -OCH3 is 1. The first-order valence-corrected chi connectivity index (χ1v) is 5.82. The number of ether oxygens (including phenoxy) is 1. The third-order valence-electron chi connectivity index (χ3n) is 3.48. The normalized spacial score (nSPS) is 33.2. The minimum Gasteiger partial charge on any atom is -0.384 e. The van der Waals surface area contributed by atoms with Gasteiger partial charge in [-0.25, -0.2) is 0 Å². The molecule has 0 bridgehead atoms. The van der Waals surface area contributed by atoms with Crippen LogP contribution in [0, 0.1) is 11.8 Å². The van der Waals surface area contributed by atoms with Crippen LogP contribution >= 0.6 is 0 Å². The van der Waals surface area contributed by atoms with Gasteiger partial charge in [0.1, 0.15) is 0 Å². The van der Waals surface area contributed by atoms with E-state index in [1.54, 1.807) is 0 Å². The molecule has 3 heteroatoms. The van der Waals surface area contributed by atoms with Gasteiger partial charge in [0.05, 0.1) is 0 Å². The molecule has 0 aromatic heterocycles. The first-order chi connectivity index (χ1) is 6.90. The van der Waals surface area contributed by atoms with Crippen LogP contribution in [0.2, 0.25) is 0 Å². The maximum Gasteiger partial charge on any atom is 0.0493 e. The summed E-state index contributed by atoms with van der Waals surface area (Å²) >= 11 is 0. The van der Waals surface area contributed by atoms with Crippen molar-refractivity contribution in [3.63, 3.8) is 0 Å². The smallest absolute Gasteiger partial charge is 0.0493 e. The van der Waals surface area contributed by atoms with Gasteiger partial charge in [0.2, 0.25) is 0 Å². The first-order valence-electron chi connectivity index (χ1n) is 5.82. The molecule has 1 unspecified atom stereocenters. The molecule has 0 radical (unpaired) electrons. The third kappa shape index (κ3) is 2.94. The molecule has 2 atom stereocenters. The van der Waals surface area contributed by atoms with Crippen molar-refractivity contribution in [1.82, 2.24) is 10.2 Å². The Labute approximate surface area is 86.8 Å². The lowest BCUT2D eigenvalue weighted by Crippen LogP contribution is -2.43. The molecule has 1 aliphatic heterocycles. The van der Waals surface area contributed by atoms with Crippen molar-refractivity contribution in [1.29, 1.82) is 0 Å². The van der Waals surface area contributed by atoms with E-state index in [4.69, 9.17) is 4.74 Å². The fraction of sp³-hybridized carbons (Fsp3) is 1.00. The molecule has 2 rings (SSSR count). The van der Waals surface area contributed by atoms with Gasteiger partial charge in [-0.05, 0) is 31.2 Å². The van der Waals surface area contributed by atoms with Crippen molar-refractivity contribution in [3.8, 4) is 0 Å². The second kappa shape index (κ2) is 5.10. The van der Waals surface area contributed by atoms with Crippen molar-refractivity contribution < 1.29 is 4.74 Å². The van der Waals surface area contributed by atoms with Gasteiger partial charge in [-0.1, -0.05) is 0 Å². The summed E-state index contributed by atoms with van der Waals surface area (Å²) in [6.45, 7) is 7.10. The van der Waals surface area contributed by atoms with E-state index in [1.807, 2.05) is 7.11 Å². The fourth-order valence-electron chi connectivity index (χ4n) is 2.37. The largest absolute Gasteiger partial charge is 0.384 e. The topological polar surface area (TPSA) is 24.5 Å². The van der Waals surface area contributed by atoms with E-state index in [1.165, 1.54) is 45.6 Å². The van der Waals surface area contributed by atoms with Crippen molar-refractivity contribution in [2.75, 3.05) is 46.4 Å². The SMILES string of the molecule is COCC1C[C@@H]1CCN1CCNCC1. The second-order valence-corrected chi connectivity index (χ2v) is 4.59. The summed E-state index contributed by atoms with van der Waals surface area (Å²) in [5, 5.41) is 3.39. The van der Waals surface area contributed by atoms with Crippen LogP contribution in [0.3, 0.4) is 0 Å². The molecule has 0 spiro atoms. The number of hydrogen-bond acceptors (Lipinski definition) is 3. The van der Waals surface area contributed by atoms with E-state index >= 15 is 0 Å². The molecular weight excluding hydrogens is 176 g/mol. The first kappa shape index (κ1) is 10.4. The Morgan fingerprint density at radius 1 is 1.29 bits per heavy atom. The lowest BCUT2D eigenvalue weighted by Gasteiger charge is -2.27. The van der Waals surface area contributed by atoms with Crippen molar-refractivity contribution in [2.24, 2.45) is 11.8 Å². The van der Waals surface area contributed by atoms with Crippen molar-refractivity contribution in [2.45, 2.75) is 12.8 Å². The van der Waals surface area contributed by atoms with Gasteiger partial charge in [-0.3, -0.25) is 0 Å². The maximum absolute atomic E-state index is 5.16. The van der Waals surface area contributed by atoms with Crippen LogP contribution in [0.4, 0.5) is 0 Å². The second-order valence-electron chi connectivity index (χ2n) is 4.59. The Kier molecular flexibility index (Phi) is 3.79. The van der Waals surface area contributed by atoms with Gasteiger partial charge in [0, 0.05) is 39.9 Å². The Balaban J connectivity index is 1.54. The quantitative estimate of drug-likeness (QED) is 0.699. The van der Waals surface area contributed by atoms with Gasteiger partial charge in [0.25, 0.3) is 0 Å². The zero-order valence-corrected chi connectivity index (χ0v) is 9.17. The van der Waals surface area contributed by atoms with Crippen LogP contribution in [-0.2, 0) is 4.74 Å². The highest BCUT2D eigenvalue weighted by Gasteiger charge is 2.36. The van der Waals surface area contributed by atoms with Gasteiger partial charge in [0.15, 0.2) is 0 Å². The summed E-state index contributed by atoms with van der Waals surface area (Å²) in [7, 11) is 1.81. The summed E-state index contributed by atoms with van der Waals surface area (Å²) in [5.41, 5.74) is 0. The van der Waals surface area contributed by atoms with Crippen molar-refractivity contribution >= 4 is 0 Å². The highest BCUT2D eigenvalue weighted by molar-refractivity contribution is 4.86. The van der Waals surface area contributed by atoms with Gasteiger partial charge < -0.3 is 15.0 Å². The van der Waals surface area contributed by atoms with E-state index in [0.29, 0.717) is 0 Å². The minimum absolute atomic E-state index is 0.878. The van der Waals surface area contributed by atoms with Crippen LogP contribution < -0.4 is 5.32 Å². The van der Waals surface area contributed by atoms with Gasteiger partial charge in [-0.2, -0.15) is 0 Å². The summed E-state index contributed by atoms with van der Waals surface area (Å²) in [6, 6.07) is 0. The number of nitrogens with zero attached hydrogens (tertiary/aromatic N) is 1. The predicted octanol–water partition coefficient (Wildman–Crippen LogP) is 0.564. The zero-order valence-electron chi connectivity index (χ0n) is 9.17. The number of hydrogen-bond donors (Lipinski definition) is 1. The molecule has 1 saturated heterocycles. The van der Waals surface area contributed by atoms with Crippen LogP contribution in [0.25, 0.3) is 0 Å². The zero-order chi connectivity index (χ0) is 9.80. The number of rotatable bonds is 5. The number of piperazine rings is 1. The van der Waals surface area contributed by atoms with Gasteiger partial charge in [-0.15, -0.1) is 0 Å². The molecule has 1 N–H and O–H groups in total. The standard InChI is InChI=1S/C11H22N2O/c1-14-9-11-8-10(11)2-5-13-6-3-12-4-7-13/h10-12H,2-9H2,1H3/t10-,11?/m0/s1. The molecule has 2 fully saturated rings. The van der Waals surface area contributed by atoms with E-state index in [2.05, 4.69) is 10.2 Å². The van der Waals surface area contributed by atoms with E-state index < -0.39 is 0 Å². The molecular formula is C11H22N2O. The highest BCUT2D eigenvalue weighted by Crippen LogP contribution is 2.41. The average Bonchev–Trinajstić information content (AvgIpc) is 2.96. The lowest BCUT2D eigenvalue weighted by atomic mass is 10.2. The molecule has 1 saturated carbocycles. The molecule has 0 amide bonds. The Morgan fingerprint density at radius 2 is 2.07 bits per heavy atom. The van der Waals surface area contributed by atoms with E-state index in [-0.39, 0.29) is 0 Å². The predicted molar refractivity (Wildman–Crippen MR) is 57.4 cm³/mol. The van der Waals surface area contributed by atoms with Crippen LogP contribution in [0.15, 0.2) is 0 Å². The lowest BCUT2D eigenvalue weighted by molar-refractivity contribution is 0.177. The highest BCUT2D eigenvalue weighted by atomic mass is 16.5. The summed E-state index contributed by atoms with van der Waals surface area (Å²) in [4.78, 5) is 2.58. The van der Waals surface area contributed by atoms with Crippen LogP contribution in [-0.4, -0.2) is 51.3 Å². The minimum atomic E-state index is 0.878. The molecule has 1 aliphatic carbocycles. The van der Waals surface area contributed by atoms with Crippen LogP contribution in [0.1, 0.15) is 12.8 Å². The molecule has 2 aliphatic rings. The maximum atomic E-state index is 5.16. The summed E-state index contributed by atoms with van der Waals surface area (Å²) in [6.07, 6.45) is 2.79. The molecule has 3 nitrogen and oxygen atoms in total. The summed E-state index contributed by atoms with van der Waals surface area (Å²) < 4.78 is 5.16. The Bertz CT molecular complexity index is 169. The van der Waals surface area contributed by atoms with E-state index in [9.17, 15) is 0 Å². The summed E-state index contributed by atoms with van der Waals surface area (Å²) in [5.74, 6) is 1.84. The van der Waals surface area contributed by atoms with Crippen LogP contribution in [0.5, 0.6) is 0 Å². The Hall–Kier alpha value is -0.120. The third-order valence-corrected chi connectivity index (χ3v) is 3.48. The van der Waals surface area contributed by atoms with Gasteiger partial charge >= 0.3 is 0 Å².